The van der Waals surface area contributed by atoms with Gasteiger partial charge in [-0.3, -0.25) is 0 Å². The van der Waals surface area contributed by atoms with E-state index in [0.717, 1.165) is 31.7 Å². The summed E-state index contributed by atoms with van der Waals surface area (Å²) in [7, 11) is 0. The van der Waals surface area contributed by atoms with Crippen LogP contribution in [0.3, 0.4) is 0 Å². The largest absolute Gasteiger partial charge is 0.433 e. The van der Waals surface area contributed by atoms with E-state index in [1.54, 1.807) is 0 Å². The first kappa shape index (κ1) is 13.9. The summed E-state index contributed by atoms with van der Waals surface area (Å²) in [4.78, 5) is 7.58. The summed E-state index contributed by atoms with van der Waals surface area (Å²) in [6.07, 6.45) is -0.603. The highest BCUT2D eigenvalue weighted by atomic mass is 19.4. The summed E-state index contributed by atoms with van der Waals surface area (Å²) in [5, 5.41) is 5.81. The minimum Gasteiger partial charge on any atom is -0.367 e. The topological polar surface area (TPSA) is 49.8 Å². The van der Waals surface area contributed by atoms with E-state index in [-0.39, 0.29) is 17.8 Å². The molecule has 1 heterocycles. The van der Waals surface area contributed by atoms with Crippen LogP contribution < -0.4 is 10.6 Å². The Kier molecular flexibility index (Phi) is 4.11. The van der Waals surface area contributed by atoms with Gasteiger partial charge in [-0.1, -0.05) is 6.92 Å². The van der Waals surface area contributed by atoms with Crippen molar-refractivity contribution in [1.29, 1.82) is 0 Å². The molecular formula is C12H17F3N4. The van der Waals surface area contributed by atoms with Gasteiger partial charge in [0.2, 0.25) is 5.95 Å². The standard InChI is InChI=1S/C12H17F3N4/c1-2-6-16-11-18-9(12(13,14)15)7-10(19-11)17-8-4-3-5-8/h7-8H,2-6H2,1H3,(H2,16,17,18,19). The average Bonchev–Trinajstić information content (AvgIpc) is 2.30. The zero-order valence-electron chi connectivity index (χ0n) is 10.7. The average molecular weight is 274 g/mol. The number of nitrogens with zero attached hydrogens (tertiary/aromatic N) is 2. The fourth-order valence-corrected chi connectivity index (χ4v) is 1.74. The lowest BCUT2D eigenvalue weighted by Gasteiger charge is -2.27. The van der Waals surface area contributed by atoms with Gasteiger partial charge in [-0.05, 0) is 25.7 Å². The third kappa shape index (κ3) is 3.71. The fourth-order valence-electron chi connectivity index (χ4n) is 1.74. The van der Waals surface area contributed by atoms with E-state index in [9.17, 15) is 13.2 Å². The number of anilines is 2. The molecule has 0 atom stereocenters. The van der Waals surface area contributed by atoms with E-state index < -0.39 is 11.9 Å². The number of aromatic nitrogens is 2. The predicted molar refractivity (Wildman–Crippen MR) is 67.1 cm³/mol. The molecule has 0 aliphatic heterocycles. The maximum atomic E-state index is 12.8. The first-order chi connectivity index (χ1) is 8.99. The van der Waals surface area contributed by atoms with Crippen LogP contribution in [0.5, 0.6) is 0 Å². The van der Waals surface area contributed by atoms with Gasteiger partial charge in [0.15, 0.2) is 5.69 Å². The van der Waals surface area contributed by atoms with Crippen LogP contribution in [-0.2, 0) is 6.18 Å². The molecule has 0 amide bonds. The quantitative estimate of drug-likeness (QED) is 0.865. The highest BCUT2D eigenvalue weighted by molar-refractivity contribution is 5.44. The van der Waals surface area contributed by atoms with Crippen LogP contribution in [0.1, 0.15) is 38.3 Å². The van der Waals surface area contributed by atoms with Crippen LogP contribution in [0.4, 0.5) is 24.9 Å². The second-order valence-corrected chi connectivity index (χ2v) is 4.66. The Morgan fingerprint density at radius 3 is 2.58 bits per heavy atom. The van der Waals surface area contributed by atoms with Crippen molar-refractivity contribution in [1.82, 2.24) is 9.97 Å². The van der Waals surface area contributed by atoms with Crippen LogP contribution in [0, 0.1) is 0 Å². The van der Waals surface area contributed by atoms with Gasteiger partial charge >= 0.3 is 6.18 Å². The number of halogens is 3. The lowest BCUT2D eigenvalue weighted by Crippen LogP contribution is -2.28. The van der Waals surface area contributed by atoms with Gasteiger partial charge in [0.05, 0.1) is 0 Å². The molecule has 1 aliphatic carbocycles. The van der Waals surface area contributed by atoms with Gasteiger partial charge in [0.25, 0.3) is 0 Å². The minimum atomic E-state index is -4.46. The summed E-state index contributed by atoms with van der Waals surface area (Å²) in [5.74, 6) is 0.268. The van der Waals surface area contributed by atoms with E-state index in [1.165, 1.54) is 0 Å². The van der Waals surface area contributed by atoms with Gasteiger partial charge in [-0.25, -0.2) is 4.98 Å². The van der Waals surface area contributed by atoms with Crippen molar-refractivity contribution < 1.29 is 13.2 Å². The van der Waals surface area contributed by atoms with Gasteiger partial charge in [-0.15, -0.1) is 0 Å². The van der Waals surface area contributed by atoms with Crippen molar-refractivity contribution in [3.8, 4) is 0 Å². The fraction of sp³-hybridized carbons (Fsp3) is 0.667. The molecule has 1 aliphatic rings. The summed E-state index contributed by atoms with van der Waals surface area (Å²) in [6.45, 7) is 2.47. The number of rotatable bonds is 5. The molecule has 0 saturated heterocycles. The van der Waals surface area contributed by atoms with Gasteiger partial charge in [0, 0.05) is 18.7 Å². The van der Waals surface area contributed by atoms with E-state index in [4.69, 9.17) is 0 Å². The van der Waals surface area contributed by atoms with Crippen LogP contribution in [0.25, 0.3) is 0 Å². The Morgan fingerprint density at radius 2 is 2.05 bits per heavy atom. The zero-order chi connectivity index (χ0) is 13.9. The van der Waals surface area contributed by atoms with Crippen molar-refractivity contribution in [3.05, 3.63) is 11.8 Å². The molecule has 0 aromatic carbocycles. The third-order valence-electron chi connectivity index (χ3n) is 3.01. The monoisotopic (exact) mass is 274 g/mol. The van der Waals surface area contributed by atoms with Gasteiger partial charge in [0.1, 0.15) is 5.82 Å². The van der Waals surface area contributed by atoms with Crippen molar-refractivity contribution in [3.63, 3.8) is 0 Å². The van der Waals surface area contributed by atoms with Crippen LogP contribution >= 0.6 is 0 Å². The lowest BCUT2D eigenvalue weighted by atomic mass is 9.93. The molecule has 4 nitrogen and oxygen atoms in total. The SMILES string of the molecule is CCCNc1nc(NC2CCC2)cc(C(F)(F)F)n1. The Balaban J connectivity index is 2.19. The Labute approximate surface area is 109 Å². The zero-order valence-corrected chi connectivity index (χ0v) is 10.7. The molecule has 1 fully saturated rings. The molecule has 0 radical (unpaired) electrons. The minimum absolute atomic E-state index is 0.0264. The molecule has 0 spiro atoms. The number of hydrogen-bond donors (Lipinski definition) is 2. The molecule has 106 valence electrons. The first-order valence-electron chi connectivity index (χ1n) is 6.45. The number of alkyl halides is 3. The highest BCUT2D eigenvalue weighted by Crippen LogP contribution is 2.31. The van der Waals surface area contributed by atoms with Crippen molar-refractivity contribution in [2.24, 2.45) is 0 Å². The molecular weight excluding hydrogens is 257 g/mol. The third-order valence-corrected chi connectivity index (χ3v) is 3.01. The number of hydrogen-bond acceptors (Lipinski definition) is 4. The molecule has 2 rings (SSSR count). The maximum Gasteiger partial charge on any atom is 0.433 e. The van der Waals surface area contributed by atoms with Gasteiger partial charge in [-0.2, -0.15) is 18.2 Å². The van der Waals surface area contributed by atoms with E-state index in [2.05, 4.69) is 20.6 Å². The van der Waals surface area contributed by atoms with E-state index in [0.29, 0.717) is 6.54 Å². The summed E-state index contributed by atoms with van der Waals surface area (Å²) >= 11 is 0. The second kappa shape index (κ2) is 5.63. The summed E-state index contributed by atoms with van der Waals surface area (Å²) in [6, 6.07) is 1.20. The van der Waals surface area contributed by atoms with Crippen LogP contribution in [-0.4, -0.2) is 22.6 Å². The Hall–Kier alpha value is -1.53. The summed E-state index contributed by atoms with van der Waals surface area (Å²) < 4.78 is 38.3. The molecule has 0 unspecified atom stereocenters. The lowest BCUT2D eigenvalue weighted by molar-refractivity contribution is -0.141. The normalized spacial score (nSPS) is 16.0. The van der Waals surface area contributed by atoms with E-state index in [1.807, 2.05) is 6.92 Å². The van der Waals surface area contributed by atoms with Crippen molar-refractivity contribution in [2.75, 3.05) is 17.2 Å². The molecule has 19 heavy (non-hydrogen) atoms. The van der Waals surface area contributed by atoms with E-state index >= 15 is 0 Å². The number of nitrogens with one attached hydrogen (secondary N) is 2. The molecule has 1 aromatic heterocycles. The maximum absolute atomic E-state index is 12.8. The molecule has 1 aromatic rings. The van der Waals surface area contributed by atoms with Crippen LogP contribution in [0.2, 0.25) is 0 Å². The molecule has 1 saturated carbocycles. The van der Waals surface area contributed by atoms with Crippen molar-refractivity contribution in [2.45, 2.75) is 44.8 Å². The summed E-state index contributed by atoms with van der Waals surface area (Å²) in [5.41, 5.74) is -0.914. The molecule has 7 heteroatoms. The highest BCUT2D eigenvalue weighted by Gasteiger charge is 2.34. The Bertz CT molecular complexity index is 429. The second-order valence-electron chi connectivity index (χ2n) is 4.66. The predicted octanol–water partition coefficient (Wildman–Crippen LogP) is 3.28. The first-order valence-corrected chi connectivity index (χ1v) is 6.45. The molecule has 2 N–H and O–H groups in total. The van der Waals surface area contributed by atoms with Gasteiger partial charge < -0.3 is 10.6 Å². The smallest absolute Gasteiger partial charge is 0.367 e. The van der Waals surface area contributed by atoms with Crippen LogP contribution in [0.15, 0.2) is 6.07 Å². The van der Waals surface area contributed by atoms with Crippen molar-refractivity contribution >= 4 is 11.8 Å². The molecule has 0 bridgehead atoms. The Morgan fingerprint density at radius 1 is 1.32 bits per heavy atom.